The van der Waals surface area contributed by atoms with Crippen LogP contribution in [0, 0.1) is 11.6 Å². The van der Waals surface area contributed by atoms with Crippen LogP contribution < -0.4 is 5.69 Å². The van der Waals surface area contributed by atoms with Gasteiger partial charge in [-0.3, -0.25) is 8.97 Å². The van der Waals surface area contributed by atoms with Crippen molar-refractivity contribution in [2.24, 2.45) is 0 Å². The first kappa shape index (κ1) is 21.7. The van der Waals surface area contributed by atoms with Crippen molar-refractivity contribution in [3.05, 3.63) is 107 Å². The third-order valence-corrected chi connectivity index (χ3v) is 5.99. The van der Waals surface area contributed by atoms with E-state index in [2.05, 4.69) is 15.1 Å². The highest BCUT2D eigenvalue weighted by molar-refractivity contribution is 5.62. The van der Waals surface area contributed by atoms with Crippen molar-refractivity contribution in [3.63, 3.8) is 0 Å². The van der Waals surface area contributed by atoms with Crippen LogP contribution in [0.4, 0.5) is 8.78 Å². The molecule has 1 N–H and O–H groups in total. The average molecular weight is 462 g/mol. The topological polar surface area (TPSA) is 90.2 Å². The fourth-order valence-electron chi connectivity index (χ4n) is 4.12. The summed E-state index contributed by atoms with van der Waals surface area (Å²) in [5, 5.41) is 15.8. The molecule has 0 aliphatic heterocycles. The van der Waals surface area contributed by atoms with Gasteiger partial charge in [-0.15, -0.1) is 0 Å². The Morgan fingerprint density at radius 3 is 2.62 bits per heavy atom. The van der Waals surface area contributed by atoms with Crippen molar-refractivity contribution >= 4 is 5.65 Å². The summed E-state index contributed by atoms with van der Waals surface area (Å²) in [5.41, 5.74) is -0.711. The van der Waals surface area contributed by atoms with Gasteiger partial charge >= 0.3 is 5.69 Å². The molecule has 0 fully saturated rings. The van der Waals surface area contributed by atoms with Gasteiger partial charge in [-0.1, -0.05) is 36.4 Å². The lowest BCUT2D eigenvalue weighted by molar-refractivity contribution is -0.0346. The van der Waals surface area contributed by atoms with E-state index in [0.29, 0.717) is 17.4 Å². The maximum atomic E-state index is 14.8. The Morgan fingerprint density at radius 1 is 1.12 bits per heavy atom. The maximum absolute atomic E-state index is 14.8. The molecule has 5 aromatic rings. The van der Waals surface area contributed by atoms with Crippen LogP contribution in [0.15, 0.2) is 84.4 Å². The van der Waals surface area contributed by atoms with E-state index >= 15 is 0 Å². The number of hydrogen-bond donors (Lipinski definition) is 1. The zero-order valence-corrected chi connectivity index (χ0v) is 18.1. The molecule has 2 atom stereocenters. The Morgan fingerprint density at radius 2 is 1.91 bits per heavy atom. The molecule has 0 aliphatic carbocycles. The van der Waals surface area contributed by atoms with Gasteiger partial charge < -0.3 is 5.11 Å². The minimum atomic E-state index is -1.97. The largest absolute Gasteiger partial charge is 0.381 e. The highest BCUT2D eigenvalue weighted by Crippen LogP contribution is 2.36. The van der Waals surface area contributed by atoms with Crippen LogP contribution in [0.5, 0.6) is 0 Å². The first-order chi connectivity index (χ1) is 16.4. The number of fused-ring (bicyclic) bond motifs is 1. The van der Waals surface area contributed by atoms with Crippen LogP contribution in [0.2, 0.25) is 0 Å². The Labute approximate surface area is 192 Å². The molecule has 0 spiro atoms. The van der Waals surface area contributed by atoms with Crippen molar-refractivity contribution in [1.82, 2.24) is 28.7 Å². The highest BCUT2D eigenvalue weighted by atomic mass is 19.1. The summed E-state index contributed by atoms with van der Waals surface area (Å²) in [6, 6.07) is 13.0. The summed E-state index contributed by atoms with van der Waals surface area (Å²) >= 11 is 0. The van der Waals surface area contributed by atoms with Crippen LogP contribution in [-0.4, -0.2) is 33.8 Å². The summed E-state index contributed by atoms with van der Waals surface area (Å²) in [6.07, 6.45) is 5.76. The molecule has 0 amide bonds. The van der Waals surface area contributed by atoms with Crippen molar-refractivity contribution < 1.29 is 13.9 Å². The van der Waals surface area contributed by atoms with Crippen LogP contribution in [0.3, 0.4) is 0 Å². The zero-order chi connectivity index (χ0) is 23.9. The van der Waals surface area contributed by atoms with E-state index < -0.39 is 29.0 Å². The maximum Gasteiger partial charge on any atom is 0.334 e. The predicted molar refractivity (Wildman–Crippen MR) is 120 cm³/mol. The van der Waals surface area contributed by atoms with E-state index in [-0.39, 0.29) is 12.1 Å². The molecule has 172 valence electrons. The van der Waals surface area contributed by atoms with Crippen molar-refractivity contribution in [2.45, 2.75) is 25.1 Å². The summed E-state index contributed by atoms with van der Waals surface area (Å²) in [4.78, 5) is 21.8. The van der Waals surface area contributed by atoms with Gasteiger partial charge in [-0.2, -0.15) is 5.10 Å². The third kappa shape index (κ3) is 3.67. The molecule has 0 saturated carbocycles. The van der Waals surface area contributed by atoms with Crippen molar-refractivity contribution in [3.8, 4) is 11.3 Å². The van der Waals surface area contributed by atoms with E-state index in [1.54, 1.807) is 19.2 Å². The first-order valence-corrected chi connectivity index (χ1v) is 10.5. The minimum absolute atomic E-state index is 0.167. The number of aromatic nitrogens is 6. The Bertz CT molecular complexity index is 1510. The molecular formula is C24H20F2N6O2. The van der Waals surface area contributed by atoms with Gasteiger partial charge in [0.25, 0.3) is 0 Å². The smallest absolute Gasteiger partial charge is 0.334 e. The lowest BCUT2D eigenvalue weighted by atomic mass is 9.86. The lowest BCUT2D eigenvalue weighted by Crippen LogP contribution is -2.44. The van der Waals surface area contributed by atoms with Crippen LogP contribution >= 0.6 is 0 Å². The van der Waals surface area contributed by atoms with E-state index in [1.807, 2.05) is 30.3 Å². The highest BCUT2D eigenvalue weighted by Gasteiger charge is 2.41. The minimum Gasteiger partial charge on any atom is -0.381 e. The second-order valence-corrected chi connectivity index (χ2v) is 8.04. The van der Waals surface area contributed by atoms with Gasteiger partial charge in [0, 0.05) is 29.6 Å². The van der Waals surface area contributed by atoms with Gasteiger partial charge in [0.1, 0.15) is 35.5 Å². The fourth-order valence-corrected chi connectivity index (χ4v) is 4.12. The predicted octanol–water partition coefficient (Wildman–Crippen LogP) is 3.18. The molecule has 3 heterocycles. The quantitative estimate of drug-likeness (QED) is 0.419. The van der Waals surface area contributed by atoms with Crippen LogP contribution in [0.1, 0.15) is 18.5 Å². The summed E-state index contributed by atoms with van der Waals surface area (Å²) in [7, 11) is 0. The van der Waals surface area contributed by atoms with Crippen LogP contribution in [-0.2, 0) is 12.1 Å². The van der Waals surface area contributed by atoms with Gasteiger partial charge in [0.05, 0.1) is 18.3 Å². The second-order valence-electron chi connectivity index (χ2n) is 8.04. The molecule has 0 radical (unpaired) electrons. The summed E-state index contributed by atoms with van der Waals surface area (Å²) in [5.74, 6) is -1.71. The molecule has 0 aliphatic rings. The molecule has 0 unspecified atom stereocenters. The fraction of sp³-hybridized carbons (Fsp3) is 0.167. The van der Waals surface area contributed by atoms with Gasteiger partial charge in [-0.05, 0) is 19.1 Å². The molecular weight excluding hydrogens is 442 g/mol. The Hall–Kier alpha value is -4.18. The number of halogens is 2. The molecule has 2 aromatic carbocycles. The molecule has 3 aromatic heterocycles. The molecule has 5 rings (SSSR count). The van der Waals surface area contributed by atoms with E-state index in [1.165, 1.54) is 38.6 Å². The lowest BCUT2D eigenvalue weighted by Gasteiger charge is -2.35. The number of benzene rings is 2. The van der Waals surface area contributed by atoms with E-state index in [0.717, 1.165) is 11.6 Å². The van der Waals surface area contributed by atoms with Gasteiger partial charge in [0.15, 0.2) is 0 Å². The Kier molecular flexibility index (Phi) is 5.29. The molecule has 0 saturated heterocycles. The molecule has 0 bridgehead atoms. The standard InChI is InChI=1S/C24H20F2N6O2/c1-16(24(34,13-30-15-27-14-28-30)19-8-7-18(25)11-20(19)26)31-10-9-22-29-21(12-32(22)23(31)33)17-5-3-2-4-6-17/h2-12,14-16,34H,13H2,1H3/t16-,24-/m1/s1. The van der Waals surface area contributed by atoms with E-state index in [9.17, 15) is 18.7 Å². The Balaban J connectivity index is 1.63. The number of aliphatic hydroxyl groups is 1. The molecule has 34 heavy (non-hydrogen) atoms. The number of hydrogen-bond acceptors (Lipinski definition) is 5. The number of imidazole rings is 1. The van der Waals surface area contributed by atoms with Gasteiger partial charge in [-0.25, -0.2) is 28.2 Å². The normalized spacial score (nSPS) is 14.2. The average Bonchev–Trinajstić information content (AvgIpc) is 3.49. The van der Waals surface area contributed by atoms with Crippen molar-refractivity contribution in [2.75, 3.05) is 0 Å². The summed E-state index contributed by atoms with van der Waals surface area (Å²) < 4.78 is 32.4. The van der Waals surface area contributed by atoms with Crippen molar-refractivity contribution in [1.29, 1.82) is 0 Å². The molecule has 8 nitrogen and oxygen atoms in total. The second kappa shape index (κ2) is 8.31. The zero-order valence-electron chi connectivity index (χ0n) is 18.1. The first-order valence-electron chi connectivity index (χ1n) is 10.5. The monoisotopic (exact) mass is 462 g/mol. The van der Waals surface area contributed by atoms with E-state index in [4.69, 9.17) is 0 Å². The van der Waals surface area contributed by atoms with Gasteiger partial charge in [0.2, 0.25) is 0 Å². The van der Waals surface area contributed by atoms with Crippen LogP contribution in [0.25, 0.3) is 16.9 Å². The summed E-state index contributed by atoms with van der Waals surface area (Å²) in [6.45, 7) is 1.36. The number of nitrogens with zero attached hydrogens (tertiary/aromatic N) is 6. The third-order valence-electron chi connectivity index (χ3n) is 5.99. The SMILES string of the molecule is C[C@@H](n1ccc2nc(-c3ccccc3)cn2c1=O)[C@](O)(Cn1cncn1)c1ccc(F)cc1F. The molecule has 10 heteroatoms. The number of rotatable bonds is 6.